The van der Waals surface area contributed by atoms with Crippen LogP contribution in [-0.4, -0.2) is 41.9 Å². The summed E-state index contributed by atoms with van der Waals surface area (Å²) in [5.41, 5.74) is 0.524. The average molecular weight is 321 g/mol. The summed E-state index contributed by atoms with van der Waals surface area (Å²) in [6, 6.07) is 4.40. The number of rotatable bonds is 6. The quantitative estimate of drug-likeness (QED) is 0.814. The average Bonchev–Trinajstić information content (AvgIpc) is 2.78. The standard InChI is InChI=1S/C16H20FN3O3/c1-3-5-13-15(22)20(16(23)18-13)10-14(21)19(4-2)12-8-6-11(17)7-9-12/h6-9,13H,3-5,10H2,1-2H3,(H,18,23). The van der Waals surface area contributed by atoms with Gasteiger partial charge in [-0.2, -0.15) is 0 Å². The lowest BCUT2D eigenvalue weighted by Crippen LogP contribution is -2.43. The van der Waals surface area contributed by atoms with E-state index in [4.69, 9.17) is 0 Å². The first-order valence-electron chi connectivity index (χ1n) is 7.65. The van der Waals surface area contributed by atoms with Gasteiger partial charge in [0.1, 0.15) is 18.4 Å². The fourth-order valence-corrected chi connectivity index (χ4v) is 2.56. The maximum atomic E-state index is 13.0. The zero-order chi connectivity index (χ0) is 17.0. The first-order valence-corrected chi connectivity index (χ1v) is 7.65. The van der Waals surface area contributed by atoms with Crippen LogP contribution in [0.5, 0.6) is 0 Å². The Kier molecular flexibility index (Phi) is 5.31. The van der Waals surface area contributed by atoms with E-state index in [1.165, 1.54) is 29.2 Å². The summed E-state index contributed by atoms with van der Waals surface area (Å²) in [4.78, 5) is 38.8. The Morgan fingerprint density at radius 3 is 2.48 bits per heavy atom. The van der Waals surface area contributed by atoms with Crippen molar-refractivity contribution in [1.82, 2.24) is 10.2 Å². The molecule has 0 bridgehead atoms. The highest BCUT2D eigenvalue weighted by Crippen LogP contribution is 2.17. The second-order valence-electron chi connectivity index (χ2n) is 5.33. The third kappa shape index (κ3) is 3.67. The van der Waals surface area contributed by atoms with Crippen LogP contribution in [0.4, 0.5) is 14.9 Å². The van der Waals surface area contributed by atoms with Crippen LogP contribution in [0.3, 0.4) is 0 Å². The van der Waals surface area contributed by atoms with E-state index in [2.05, 4.69) is 5.32 Å². The molecule has 23 heavy (non-hydrogen) atoms. The molecule has 1 aromatic carbocycles. The fraction of sp³-hybridized carbons (Fsp3) is 0.438. The Balaban J connectivity index is 2.09. The first-order chi connectivity index (χ1) is 11.0. The largest absolute Gasteiger partial charge is 0.326 e. The zero-order valence-corrected chi connectivity index (χ0v) is 13.2. The Morgan fingerprint density at radius 1 is 1.26 bits per heavy atom. The van der Waals surface area contributed by atoms with Crippen LogP contribution in [0.2, 0.25) is 0 Å². The van der Waals surface area contributed by atoms with Gasteiger partial charge in [-0.1, -0.05) is 13.3 Å². The van der Waals surface area contributed by atoms with E-state index in [0.29, 0.717) is 18.7 Å². The van der Waals surface area contributed by atoms with Crippen molar-refractivity contribution in [1.29, 1.82) is 0 Å². The van der Waals surface area contributed by atoms with Crippen molar-refractivity contribution in [3.63, 3.8) is 0 Å². The van der Waals surface area contributed by atoms with Gasteiger partial charge < -0.3 is 10.2 Å². The molecule has 1 aliphatic rings. The number of amides is 4. The summed E-state index contributed by atoms with van der Waals surface area (Å²) in [5, 5.41) is 2.58. The molecule has 2 rings (SSSR count). The number of halogens is 1. The maximum Gasteiger partial charge on any atom is 0.325 e. The molecule has 0 saturated carbocycles. The second kappa shape index (κ2) is 7.21. The van der Waals surface area contributed by atoms with Gasteiger partial charge in [0.05, 0.1) is 0 Å². The smallest absolute Gasteiger partial charge is 0.325 e. The Bertz CT molecular complexity index is 603. The molecule has 0 spiro atoms. The first kappa shape index (κ1) is 16.9. The molecule has 1 heterocycles. The molecule has 0 aromatic heterocycles. The van der Waals surface area contributed by atoms with Crippen LogP contribution < -0.4 is 10.2 Å². The molecular formula is C16H20FN3O3. The van der Waals surface area contributed by atoms with E-state index in [0.717, 1.165) is 11.3 Å². The summed E-state index contributed by atoms with van der Waals surface area (Å²) in [6.07, 6.45) is 1.31. The maximum absolute atomic E-state index is 13.0. The molecule has 1 fully saturated rings. The number of nitrogens with zero attached hydrogens (tertiary/aromatic N) is 2. The van der Waals surface area contributed by atoms with Crippen LogP contribution >= 0.6 is 0 Å². The number of benzene rings is 1. The Hall–Kier alpha value is -2.44. The van der Waals surface area contributed by atoms with E-state index < -0.39 is 17.9 Å². The summed E-state index contributed by atoms with van der Waals surface area (Å²) in [5.74, 6) is -1.16. The van der Waals surface area contributed by atoms with Gasteiger partial charge in [0, 0.05) is 12.2 Å². The van der Waals surface area contributed by atoms with Gasteiger partial charge in [0.2, 0.25) is 5.91 Å². The summed E-state index contributed by atoms with van der Waals surface area (Å²) in [6.45, 7) is 3.72. The third-order valence-electron chi connectivity index (χ3n) is 3.73. The predicted octanol–water partition coefficient (Wildman–Crippen LogP) is 1.90. The number of carbonyl (C=O) groups excluding carboxylic acids is 3. The molecule has 1 unspecified atom stereocenters. The molecule has 124 valence electrons. The van der Waals surface area contributed by atoms with Crippen LogP contribution in [0.15, 0.2) is 24.3 Å². The number of hydrogen-bond acceptors (Lipinski definition) is 3. The van der Waals surface area contributed by atoms with Gasteiger partial charge in [-0.3, -0.25) is 14.5 Å². The van der Waals surface area contributed by atoms with E-state index in [1.54, 1.807) is 6.92 Å². The minimum atomic E-state index is -0.554. The van der Waals surface area contributed by atoms with Crippen LogP contribution in [-0.2, 0) is 9.59 Å². The van der Waals surface area contributed by atoms with Crippen molar-refractivity contribution in [3.05, 3.63) is 30.1 Å². The molecule has 0 radical (unpaired) electrons. The molecule has 0 aliphatic carbocycles. The van der Waals surface area contributed by atoms with Crippen molar-refractivity contribution < 1.29 is 18.8 Å². The number of nitrogens with one attached hydrogen (secondary N) is 1. The molecule has 6 nitrogen and oxygen atoms in total. The lowest BCUT2D eigenvalue weighted by atomic mass is 10.2. The summed E-state index contributed by atoms with van der Waals surface area (Å²) >= 11 is 0. The molecule has 1 atom stereocenters. The fourth-order valence-electron chi connectivity index (χ4n) is 2.56. The summed E-state index contributed by atoms with van der Waals surface area (Å²) in [7, 11) is 0. The molecule has 1 aliphatic heterocycles. The minimum absolute atomic E-state index is 0.323. The summed E-state index contributed by atoms with van der Waals surface area (Å²) < 4.78 is 13.0. The predicted molar refractivity (Wildman–Crippen MR) is 83.4 cm³/mol. The third-order valence-corrected chi connectivity index (χ3v) is 3.73. The lowest BCUT2D eigenvalue weighted by molar-refractivity contribution is -0.131. The van der Waals surface area contributed by atoms with Gasteiger partial charge in [0.25, 0.3) is 5.91 Å². The Labute approximate surface area is 134 Å². The van der Waals surface area contributed by atoms with Gasteiger partial charge in [0.15, 0.2) is 0 Å². The van der Waals surface area contributed by atoms with E-state index in [9.17, 15) is 18.8 Å². The highest BCUT2D eigenvalue weighted by Gasteiger charge is 2.38. The molecule has 1 aromatic rings. The van der Waals surface area contributed by atoms with Crippen molar-refractivity contribution >= 4 is 23.5 Å². The highest BCUT2D eigenvalue weighted by molar-refractivity contribution is 6.08. The molecule has 1 saturated heterocycles. The number of hydrogen-bond donors (Lipinski definition) is 1. The van der Waals surface area contributed by atoms with Gasteiger partial charge in [-0.05, 0) is 37.6 Å². The van der Waals surface area contributed by atoms with Crippen LogP contribution in [0.25, 0.3) is 0 Å². The zero-order valence-electron chi connectivity index (χ0n) is 13.2. The van der Waals surface area contributed by atoms with Crippen molar-refractivity contribution in [2.45, 2.75) is 32.7 Å². The number of anilines is 1. The molecule has 4 amide bonds. The second-order valence-corrected chi connectivity index (χ2v) is 5.33. The van der Waals surface area contributed by atoms with Crippen LogP contribution in [0, 0.1) is 5.82 Å². The van der Waals surface area contributed by atoms with E-state index >= 15 is 0 Å². The van der Waals surface area contributed by atoms with Crippen molar-refractivity contribution in [2.24, 2.45) is 0 Å². The SMILES string of the molecule is CCCC1NC(=O)N(CC(=O)N(CC)c2ccc(F)cc2)C1=O. The van der Waals surface area contributed by atoms with E-state index in [-0.39, 0.29) is 18.4 Å². The normalized spacial score (nSPS) is 17.3. The Morgan fingerprint density at radius 2 is 1.91 bits per heavy atom. The van der Waals surface area contributed by atoms with Gasteiger partial charge in [-0.25, -0.2) is 9.18 Å². The number of carbonyl (C=O) groups is 3. The highest BCUT2D eigenvalue weighted by atomic mass is 19.1. The van der Waals surface area contributed by atoms with E-state index in [1.807, 2.05) is 6.92 Å². The van der Waals surface area contributed by atoms with Crippen molar-refractivity contribution in [3.8, 4) is 0 Å². The van der Waals surface area contributed by atoms with Crippen molar-refractivity contribution in [2.75, 3.05) is 18.0 Å². The lowest BCUT2D eigenvalue weighted by Gasteiger charge is -2.23. The van der Waals surface area contributed by atoms with Gasteiger partial charge in [-0.15, -0.1) is 0 Å². The van der Waals surface area contributed by atoms with Crippen LogP contribution in [0.1, 0.15) is 26.7 Å². The molecule has 1 N–H and O–H groups in total. The van der Waals surface area contributed by atoms with Gasteiger partial charge >= 0.3 is 6.03 Å². The molecular weight excluding hydrogens is 301 g/mol. The minimum Gasteiger partial charge on any atom is -0.326 e. The monoisotopic (exact) mass is 321 g/mol. The number of urea groups is 1. The number of likely N-dealkylation sites (N-methyl/N-ethyl adjacent to an activating group) is 1. The number of imide groups is 1. The molecule has 7 heteroatoms. The topological polar surface area (TPSA) is 69.7 Å².